The second kappa shape index (κ2) is 8.77. The summed E-state index contributed by atoms with van der Waals surface area (Å²) in [5.74, 6) is 0.664. The number of fused-ring (bicyclic) bond motifs is 2. The van der Waals surface area contributed by atoms with E-state index in [-0.39, 0.29) is 35.6 Å². The van der Waals surface area contributed by atoms with E-state index in [0.717, 1.165) is 0 Å². The van der Waals surface area contributed by atoms with E-state index in [9.17, 15) is 13.4 Å². The topological polar surface area (TPSA) is 101 Å². The predicted molar refractivity (Wildman–Crippen MR) is 137 cm³/mol. The Kier molecular flexibility index (Phi) is 5.90. The van der Waals surface area contributed by atoms with Crippen LogP contribution in [0.25, 0.3) is 22.2 Å². The molecule has 0 radical (unpaired) electrons. The highest BCUT2D eigenvalue weighted by Crippen LogP contribution is 2.40. The SMILES string of the molecule is CS(=O)c1c[nH]c2ncnc(N3CC[C@H]3c3nn4ccc(Cl)c4c(=O)n3-c3ccc(F)cc3)c12.S. The number of nitrogens with zero attached hydrogens (tertiary/aromatic N) is 6. The van der Waals surface area contributed by atoms with Gasteiger partial charge in [-0.15, -0.1) is 0 Å². The molecule has 1 aliphatic heterocycles. The molecule has 1 N–H and O–H groups in total. The molecule has 9 nitrogen and oxygen atoms in total. The van der Waals surface area contributed by atoms with E-state index in [4.69, 9.17) is 16.7 Å². The van der Waals surface area contributed by atoms with Crippen molar-refractivity contribution in [3.8, 4) is 5.69 Å². The molecule has 1 fully saturated rings. The summed E-state index contributed by atoms with van der Waals surface area (Å²) in [6.07, 6.45) is 7.06. The maximum atomic E-state index is 13.6. The number of benzene rings is 1. The van der Waals surface area contributed by atoms with Crippen LogP contribution in [-0.2, 0) is 10.8 Å². The molecule has 1 unspecified atom stereocenters. The third-order valence-electron chi connectivity index (χ3n) is 6.06. The maximum absolute atomic E-state index is 13.6. The summed E-state index contributed by atoms with van der Waals surface area (Å²) in [6, 6.07) is 6.96. The van der Waals surface area contributed by atoms with Crippen molar-refractivity contribution < 1.29 is 8.60 Å². The number of hydrogen-bond donors (Lipinski definition) is 1. The van der Waals surface area contributed by atoms with E-state index >= 15 is 0 Å². The number of halogens is 2. The van der Waals surface area contributed by atoms with Gasteiger partial charge < -0.3 is 9.88 Å². The molecule has 0 amide bonds. The van der Waals surface area contributed by atoms with Gasteiger partial charge in [-0.2, -0.15) is 18.6 Å². The highest BCUT2D eigenvalue weighted by atomic mass is 35.5. The van der Waals surface area contributed by atoms with Crippen LogP contribution in [0.1, 0.15) is 18.3 Å². The Bertz CT molecular complexity index is 1660. The highest BCUT2D eigenvalue weighted by molar-refractivity contribution is 7.84. The van der Waals surface area contributed by atoms with Gasteiger partial charge in [0.15, 0.2) is 5.82 Å². The monoisotopic (exact) mass is 531 g/mol. The van der Waals surface area contributed by atoms with E-state index in [2.05, 4.69) is 15.0 Å². The lowest BCUT2D eigenvalue weighted by Gasteiger charge is -2.42. The van der Waals surface area contributed by atoms with Gasteiger partial charge in [-0.25, -0.2) is 18.9 Å². The summed E-state index contributed by atoms with van der Waals surface area (Å²) in [4.78, 5) is 28.0. The van der Waals surface area contributed by atoms with Crippen molar-refractivity contribution in [2.24, 2.45) is 0 Å². The summed E-state index contributed by atoms with van der Waals surface area (Å²) in [5.41, 5.74) is 0.936. The number of nitrogens with one attached hydrogen (secondary N) is 1. The van der Waals surface area contributed by atoms with Gasteiger partial charge in [0, 0.05) is 25.2 Å². The summed E-state index contributed by atoms with van der Waals surface area (Å²) >= 11 is 6.27. The van der Waals surface area contributed by atoms with Crippen molar-refractivity contribution in [1.82, 2.24) is 29.1 Å². The van der Waals surface area contributed by atoms with Crippen LogP contribution in [0.5, 0.6) is 0 Å². The molecule has 5 heterocycles. The van der Waals surface area contributed by atoms with E-state index in [1.165, 1.54) is 39.7 Å². The Labute approximate surface area is 212 Å². The fraction of sp³-hybridized carbons (Fsp3) is 0.182. The Hall–Kier alpha value is -3.22. The average molecular weight is 532 g/mol. The zero-order chi connectivity index (χ0) is 23.6. The molecule has 1 aliphatic rings. The van der Waals surface area contributed by atoms with Crippen molar-refractivity contribution >= 4 is 58.3 Å². The molecule has 0 aliphatic carbocycles. The number of H-pyrrole nitrogens is 1. The van der Waals surface area contributed by atoms with Gasteiger partial charge in [-0.3, -0.25) is 13.6 Å². The van der Waals surface area contributed by atoms with E-state index in [1.807, 2.05) is 4.90 Å². The van der Waals surface area contributed by atoms with Gasteiger partial charge in [0.2, 0.25) is 0 Å². The van der Waals surface area contributed by atoms with Gasteiger partial charge in [0.1, 0.15) is 29.1 Å². The first kappa shape index (κ1) is 23.5. The Morgan fingerprint density at radius 2 is 1.97 bits per heavy atom. The first-order chi connectivity index (χ1) is 16.4. The van der Waals surface area contributed by atoms with Crippen molar-refractivity contribution in [1.29, 1.82) is 0 Å². The van der Waals surface area contributed by atoms with Crippen LogP contribution in [0.15, 0.2) is 58.7 Å². The number of aromatic nitrogens is 6. The lowest BCUT2D eigenvalue weighted by molar-refractivity contribution is 0.424. The molecular formula is C22H19ClFN7O2S2. The minimum Gasteiger partial charge on any atom is -0.345 e. The van der Waals surface area contributed by atoms with E-state index in [1.54, 1.807) is 24.7 Å². The van der Waals surface area contributed by atoms with Crippen molar-refractivity contribution in [2.75, 3.05) is 17.7 Å². The highest BCUT2D eigenvalue weighted by Gasteiger charge is 2.37. The smallest absolute Gasteiger partial charge is 0.284 e. The summed E-state index contributed by atoms with van der Waals surface area (Å²) in [6.45, 7) is 0.654. The molecule has 35 heavy (non-hydrogen) atoms. The van der Waals surface area contributed by atoms with Crippen LogP contribution >= 0.6 is 25.1 Å². The van der Waals surface area contributed by atoms with Gasteiger partial charge >= 0.3 is 0 Å². The maximum Gasteiger partial charge on any atom is 0.284 e. The number of anilines is 1. The lowest BCUT2D eigenvalue weighted by Crippen LogP contribution is -2.45. The second-order valence-electron chi connectivity index (χ2n) is 7.96. The minimum absolute atomic E-state index is 0. The third-order valence-corrected chi connectivity index (χ3v) is 7.31. The number of aromatic amines is 1. The molecular weight excluding hydrogens is 513 g/mol. The molecule has 6 rings (SSSR count). The van der Waals surface area contributed by atoms with Crippen molar-refractivity contribution in [3.63, 3.8) is 0 Å². The zero-order valence-electron chi connectivity index (χ0n) is 18.3. The van der Waals surface area contributed by atoms with Crippen LogP contribution < -0.4 is 10.5 Å². The average Bonchev–Trinajstić information content (AvgIpc) is 3.39. The number of hydrogen-bond acceptors (Lipinski definition) is 6. The summed E-state index contributed by atoms with van der Waals surface area (Å²) < 4.78 is 28.9. The molecule has 2 atom stereocenters. The molecule has 1 aromatic carbocycles. The zero-order valence-corrected chi connectivity index (χ0v) is 20.8. The molecule has 5 aromatic rings. The largest absolute Gasteiger partial charge is 0.345 e. The Balaban J connectivity index is 0.00000253. The first-order valence-corrected chi connectivity index (χ1v) is 12.4. The second-order valence-corrected chi connectivity index (χ2v) is 9.71. The van der Waals surface area contributed by atoms with Crippen LogP contribution in [0, 0.1) is 5.82 Å². The molecule has 180 valence electrons. The third kappa shape index (κ3) is 3.63. The molecule has 1 saturated heterocycles. The van der Waals surface area contributed by atoms with Gasteiger partial charge in [-0.1, -0.05) is 11.6 Å². The molecule has 0 saturated carbocycles. The quantitative estimate of drug-likeness (QED) is 0.382. The fourth-order valence-electron chi connectivity index (χ4n) is 4.38. The predicted octanol–water partition coefficient (Wildman–Crippen LogP) is 3.35. The summed E-state index contributed by atoms with van der Waals surface area (Å²) in [7, 11) is -1.25. The first-order valence-electron chi connectivity index (χ1n) is 10.4. The van der Waals surface area contributed by atoms with Crippen molar-refractivity contribution in [2.45, 2.75) is 17.4 Å². The van der Waals surface area contributed by atoms with Crippen molar-refractivity contribution in [3.05, 3.63) is 76.1 Å². The van der Waals surface area contributed by atoms with E-state index in [0.29, 0.717) is 46.2 Å². The van der Waals surface area contributed by atoms with Crippen LogP contribution in [-0.4, -0.2) is 46.1 Å². The molecule has 0 bridgehead atoms. The standard InChI is InChI=1S/C22H17ClFN7O2S.H2S/c1-34(33)16-10-25-19-17(16)21(27-11-26-19)29-8-7-15(29)20-28-30-9-6-14(23)18(30)22(32)31(20)13-4-2-12(24)3-5-13;/h2-6,9-11,15H,7-8H2,1H3,(H,25,26,27);1H2/t15-,34?;/m0./s1. The molecule has 13 heteroatoms. The van der Waals surface area contributed by atoms with Crippen LogP contribution in [0.3, 0.4) is 0 Å². The normalized spacial score (nSPS) is 16.3. The van der Waals surface area contributed by atoms with Crippen LogP contribution in [0.2, 0.25) is 5.02 Å². The molecule has 0 spiro atoms. The summed E-state index contributed by atoms with van der Waals surface area (Å²) in [5, 5.41) is 5.68. The minimum atomic E-state index is -1.25. The van der Waals surface area contributed by atoms with Gasteiger partial charge in [0.05, 0.1) is 37.8 Å². The van der Waals surface area contributed by atoms with Gasteiger partial charge in [0.25, 0.3) is 5.56 Å². The van der Waals surface area contributed by atoms with E-state index < -0.39 is 16.6 Å². The van der Waals surface area contributed by atoms with Crippen LogP contribution in [0.4, 0.5) is 10.2 Å². The number of rotatable bonds is 4. The Morgan fingerprint density at radius 1 is 1.20 bits per heavy atom. The fourth-order valence-corrected chi connectivity index (χ4v) is 5.30. The Morgan fingerprint density at radius 3 is 2.66 bits per heavy atom. The van der Waals surface area contributed by atoms with Gasteiger partial charge in [-0.05, 0) is 36.8 Å². The lowest BCUT2D eigenvalue weighted by atomic mass is 10.0. The molecule has 4 aromatic heterocycles.